The van der Waals surface area contributed by atoms with Crippen LogP contribution in [-0.4, -0.2) is 96.0 Å². The van der Waals surface area contributed by atoms with Crippen LogP contribution in [0.3, 0.4) is 0 Å². The molecule has 212 valence electrons. The first-order valence-corrected chi connectivity index (χ1v) is 13.9. The SMILES string of the molecule is CC(C)(C)OC(=O)N1CCN(CC2CCN(c3ccc(F)c4c3CN(C3CCC(=O)NC3=O)C4=O)CC2)CC1. The van der Waals surface area contributed by atoms with Gasteiger partial charge in [0.15, 0.2) is 0 Å². The van der Waals surface area contributed by atoms with Crippen molar-refractivity contribution in [2.24, 2.45) is 5.92 Å². The normalized spacial score (nSPS) is 23.2. The summed E-state index contributed by atoms with van der Waals surface area (Å²) in [5, 5.41) is 2.30. The number of hydrogen-bond donors (Lipinski definition) is 1. The molecule has 4 heterocycles. The number of piperazine rings is 1. The van der Waals surface area contributed by atoms with E-state index in [2.05, 4.69) is 15.1 Å². The van der Waals surface area contributed by atoms with Crippen LogP contribution >= 0.6 is 0 Å². The predicted octanol–water partition coefficient (Wildman–Crippen LogP) is 2.36. The molecule has 5 rings (SSSR count). The highest BCUT2D eigenvalue weighted by Gasteiger charge is 2.42. The number of rotatable bonds is 4. The van der Waals surface area contributed by atoms with Crippen LogP contribution < -0.4 is 10.2 Å². The summed E-state index contributed by atoms with van der Waals surface area (Å²) in [7, 11) is 0. The minimum absolute atomic E-state index is 0.0437. The lowest BCUT2D eigenvalue weighted by Gasteiger charge is -2.40. The summed E-state index contributed by atoms with van der Waals surface area (Å²) in [6.07, 6.45) is 2.11. The number of nitrogens with one attached hydrogen (secondary N) is 1. The number of hydrogen-bond acceptors (Lipinski definition) is 7. The van der Waals surface area contributed by atoms with Gasteiger partial charge < -0.3 is 19.4 Å². The molecule has 1 aromatic rings. The largest absolute Gasteiger partial charge is 0.444 e. The van der Waals surface area contributed by atoms with Gasteiger partial charge in [-0.2, -0.15) is 0 Å². The fraction of sp³-hybridized carbons (Fsp3) is 0.643. The molecule has 11 heteroatoms. The quantitative estimate of drug-likeness (QED) is 0.582. The van der Waals surface area contributed by atoms with Crippen molar-refractivity contribution in [3.05, 3.63) is 29.1 Å². The van der Waals surface area contributed by atoms with E-state index >= 15 is 0 Å². The molecule has 4 amide bonds. The van der Waals surface area contributed by atoms with Crippen molar-refractivity contribution < 1.29 is 28.3 Å². The molecule has 0 spiro atoms. The first kappa shape index (κ1) is 27.4. The van der Waals surface area contributed by atoms with Crippen molar-refractivity contribution >= 4 is 29.5 Å². The zero-order valence-electron chi connectivity index (χ0n) is 23.0. The van der Waals surface area contributed by atoms with Crippen LogP contribution in [0.15, 0.2) is 12.1 Å². The second-order valence-electron chi connectivity index (χ2n) is 12.0. The van der Waals surface area contributed by atoms with Gasteiger partial charge in [0.1, 0.15) is 17.5 Å². The number of imide groups is 1. The van der Waals surface area contributed by atoms with Crippen LogP contribution in [0.1, 0.15) is 62.4 Å². The molecule has 4 aliphatic heterocycles. The first-order chi connectivity index (χ1) is 18.5. The average Bonchev–Trinajstić information content (AvgIpc) is 3.22. The molecule has 4 aliphatic rings. The minimum atomic E-state index is -0.767. The Hall–Kier alpha value is -3.21. The standard InChI is InChI=1S/C28H38FN5O5/c1-28(2,3)39-27(38)33-14-12-31(13-15-33)16-18-8-10-32(11-9-18)21-5-4-20(29)24-19(21)17-34(26(24)37)22-6-7-23(35)30-25(22)36/h4-5,18,22H,6-17H2,1-3H3,(H,30,35,36). The van der Waals surface area contributed by atoms with Gasteiger partial charge in [0.25, 0.3) is 5.91 Å². The van der Waals surface area contributed by atoms with Crippen LogP contribution in [0.4, 0.5) is 14.9 Å². The highest BCUT2D eigenvalue weighted by molar-refractivity contribution is 6.06. The molecule has 1 N–H and O–H groups in total. The summed E-state index contributed by atoms with van der Waals surface area (Å²) in [5.74, 6) is -1.39. The Labute approximate surface area is 228 Å². The number of benzene rings is 1. The summed E-state index contributed by atoms with van der Waals surface area (Å²) in [5.41, 5.74) is 1.02. The number of carbonyl (C=O) groups excluding carboxylic acids is 4. The second-order valence-corrected chi connectivity index (χ2v) is 12.0. The summed E-state index contributed by atoms with van der Waals surface area (Å²) in [4.78, 5) is 57.3. The van der Waals surface area contributed by atoms with Crippen molar-refractivity contribution in [3.8, 4) is 0 Å². The van der Waals surface area contributed by atoms with Gasteiger partial charge in [0, 0.05) is 70.0 Å². The summed E-state index contributed by atoms with van der Waals surface area (Å²) in [6.45, 7) is 11.3. The van der Waals surface area contributed by atoms with Crippen LogP contribution in [-0.2, 0) is 20.9 Å². The van der Waals surface area contributed by atoms with E-state index in [1.165, 1.54) is 11.0 Å². The molecule has 0 radical (unpaired) electrons. The maximum atomic E-state index is 14.8. The van der Waals surface area contributed by atoms with E-state index in [9.17, 15) is 23.6 Å². The fourth-order valence-electron chi connectivity index (χ4n) is 6.07. The Morgan fingerprint density at radius 1 is 1.03 bits per heavy atom. The van der Waals surface area contributed by atoms with E-state index in [4.69, 9.17) is 4.74 Å². The van der Waals surface area contributed by atoms with Crippen molar-refractivity contribution in [1.82, 2.24) is 20.0 Å². The first-order valence-electron chi connectivity index (χ1n) is 13.9. The lowest BCUT2D eigenvalue weighted by Crippen LogP contribution is -2.52. The van der Waals surface area contributed by atoms with Gasteiger partial charge >= 0.3 is 6.09 Å². The number of nitrogens with zero attached hydrogens (tertiary/aromatic N) is 4. The number of ether oxygens (including phenoxy) is 1. The van der Waals surface area contributed by atoms with E-state index in [-0.39, 0.29) is 37.0 Å². The Morgan fingerprint density at radius 2 is 1.72 bits per heavy atom. The Morgan fingerprint density at radius 3 is 2.36 bits per heavy atom. The highest BCUT2D eigenvalue weighted by atomic mass is 19.1. The molecule has 3 saturated heterocycles. The molecule has 39 heavy (non-hydrogen) atoms. The Bertz CT molecular complexity index is 1150. The maximum absolute atomic E-state index is 14.8. The summed E-state index contributed by atoms with van der Waals surface area (Å²) in [6, 6.07) is 2.32. The molecular weight excluding hydrogens is 505 g/mol. The van der Waals surface area contributed by atoms with Crippen LogP contribution in [0, 0.1) is 11.7 Å². The molecule has 10 nitrogen and oxygen atoms in total. The van der Waals surface area contributed by atoms with Gasteiger partial charge in [0.2, 0.25) is 11.8 Å². The van der Waals surface area contributed by atoms with E-state index in [0.717, 1.165) is 51.3 Å². The third kappa shape index (κ3) is 5.88. The number of fused-ring (bicyclic) bond motifs is 1. The minimum Gasteiger partial charge on any atom is -0.444 e. The zero-order valence-corrected chi connectivity index (χ0v) is 23.0. The number of amides is 4. The smallest absolute Gasteiger partial charge is 0.410 e. The van der Waals surface area contributed by atoms with Gasteiger partial charge in [-0.1, -0.05) is 0 Å². The predicted molar refractivity (Wildman–Crippen MR) is 142 cm³/mol. The van der Waals surface area contributed by atoms with E-state index in [1.54, 1.807) is 11.0 Å². The molecule has 0 aliphatic carbocycles. The Kier molecular flexibility index (Phi) is 7.54. The van der Waals surface area contributed by atoms with Gasteiger partial charge in [-0.25, -0.2) is 9.18 Å². The second kappa shape index (κ2) is 10.7. The molecule has 0 saturated carbocycles. The van der Waals surface area contributed by atoms with Gasteiger partial charge in [0.05, 0.1) is 5.56 Å². The number of carbonyl (C=O) groups is 4. The third-order valence-corrected chi connectivity index (χ3v) is 8.12. The topological polar surface area (TPSA) is 102 Å². The molecule has 3 fully saturated rings. The number of halogens is 1. The molecular formula is C28H38FN5O5. The molecule has 1 aromatic carbocycles. The van der Waals surface area contributed by atoms with Crippen LogP contribution in [0.25, 0.3) is 0 Å². The highest BCUT2D eigenvalue weighted by Crippen LogP contribution is 2.37. The van der Waals surface area contributed by atoms with Gasteiger partial charge in [-0.3, -0.25) is 24.6 Å². The average molecular weight is 544 g/mol. The van der Waals surface area contributed by atoms with Crippen molar-refractivity contribution in [1.29, 1.82) is 0 Å². The maximum Gasteiger partial charge on any atom is 0.410 e. The summed E-state index contributed by atoms with van der Waals surface area (Å²) >= 11 is 0. The van der Waals surface area contributed by atoms with Crippen molar-refractivity contribution in [2.45, 2.75) is 64.6 Å². The van der Waals surface area contributed by atoms with E-state index in [1.807, 2.05) is 20.8 Å². The number of anilines is 1. The number of piperidine rings is 2. The summed E-state index contributed by atoms with van der Waals surface area (Å²) < 4.78 is 20.3. The van der Waals surface area contributed by atoms with Crippen molar-refractivity contribution in [3.63, 3.8) is 0 Å². The molecule has 0 aromatic heterocycles. The molecule has 1 atom stereocenters. The van der Waals surface area contributed by atoms with Gasteiger partial charge in [-0.15, -0.1) is 0 Å². The van der Waals surface area contributed by atoms with E-state index in [0.29, 0.717) is 24.6 Å². The zero-order chi connectivity index (χ0) is 27.9. The lowest BCUT2D eigenvalue weighted by atomic mass is 9.94. The van der Waals surface area contributed by atoms with E-state index < -0.39 is 29.3 Å². The van der Waals surface area contributed by atoms with Gasteiger partial charge in [-0.05, 0) is 58.1 Å². The monoisotopic (exact) mass is 543 g/mol. The van der Waals surface area contributed by atoms with Crippen LogP contribution in [0.5, 0.6) is 0 Å². The van der Waals surface area contributed by atoms with Crippen LogP contribution in [0.2, 0.25) is 0 Å². The lowest BCUT2D eigenvalue weighted by molar-refractivity contribution is -0.136. The molecule has 0 bridgehead atoms. The Balaban J connectivity index is 1.16. The van der Waals surface area contributed by atoms with Crippen molar-refractivity contribution in [2.75, 3.05) is 50.7 Å². The fourth-order valence-corrected chi connectivity index (χ4v) is 6.07. The molecule has 1 unspecified atom stereocenters. The third-order valence-electron chi connectivity index (χ3n) is 8.12.